The summed E-state index contributed by atoms with van der Waals surface area (Å²) in [5, 5.41) is 0.475. The van der Waals surface area contributed by atoms with Gasteiger partial charge in [-0.1, -0.05) is 55.3 Å². The number of methoxy groups -OCH3 is 1. The molecule has 0 saturated heterocycles. The van der Waals surface area contributed by atoms with Crippen LogP contribution in [-0.4, -0.2) is 28.8 Å². The van der Waals surface area contributed by atoms with Gasteiger partial charge in [0, 0.05) is 11.1 Å². The molecule has 27 heavy (non-hydrogen) atoms. The molecule has 4 rings (SSSR count). The van der Waals surface area contributed by atoms with Crippen molar-refractivity contribution in [1.29, 1.82) is 0 Å². The monoisotopic (exact) mass is 384 g/mol. The summed E-state index contributed by atoms with van der Waals surface area (Å²) in [6, 6.07) is 8.25. The molecule has 1 aromatic carbocycles. The van der Waals surface area contributed by atoms with Gasteiger partial charge >= 0.3 is 5.97 Å². The molecule has 0 aliphatic heterocycles. The third-order valence-electron chi connectivity index (χ3n) is 5.79. The highest BCUT2D eigenvalue weighted by Gasteiger charge is 2.34. The zero-order chi connectivity index (χ0) is 18.8. The van der Waals surface area contributed by atoms with Crippen LogP contribution in [0, 0.1) is 5.92 Å². The van der Waals surface area contributed by atoms with E-state index in [2.05, 4.69) is 21.9 Å². The van der Waals surface area contributed by atoms with E-state index in [9.17, 15) is 9.59 Å². The molecule has 6 heteroatoms. The van der Waals surface area contributed by atoms with Crippen molar-refractivity contribution < 1.29 is 9.53 Å². The molecule has 1 saturated carbocycles. The second-order valence-corrected chi connectivity index (χ2v) is 8.33. The first kappa shape index (κ1) is 18.3. The Labute approximate surface area is 162 Å². The number of H-pyrrole nitrogens is 1. The number of carbonyl (C=O) groups excluding carboxylic acids is 1. The molecule has 0 radical (unpaired) electrons. The summed E-state index contributed by atoms with van der Waals surface area (Å²) >= 11 is 1.21. The van der Waals surface area contributed by atoms with Crippen LogP contribution in [0.5, 0.6) is 0 Å². The largest absolute Gasteiger partial charge is 0.468 e. The van der Waals surface area contributed by atoms with E-state index in [1.54, 1.807) is 0 Å². The Kier molecular flexibility index (Phi) is 5.34. The second-order valence-electron chi connectivity index (χ2n) is 7.36. The minimum atomic E-state index is -0.333. The van der Waals surface area contributed by atoms with Gasteiger partial charge in [-0.3, -0.25) is 9.59 Å². The second kappa shape index (κ2) is 7.89. The highest BCUT2D eigenvalue weighted by Crippen LogP contribution is 2.44. The lowest BCUT2D eigenvalue weighted by Crippen LogP contribution is -2.30. The zero-order valence-corrected chi connectivity index (χ0v) is 16.3. The number of hydrogen-bond acceptors (Lipinski definition) is 5. The number of nitrogens with zero attached hydrogens (tertiary/aromatic N) is 1. The minimum Gasteiger partial charge on any atom is -0.468 e. The Bertz CT molecular complexity index is 903. The van der Waals surface area contributed by atoms with Crippen LogP contribution >= 0.6 is 11.8 Å². The predicted octanol–water partition coefficient (Wildman–Crippen LogP) is 3.92. The lowest BCUT2D eigenvalue weighted by atomic mass is 9.70. The fraction of sp³-hybridized carbons (Fsp3) is 0.476. The van der Waals surface area contributed by atoms with Crippen LogP contribution in [0.2, 0.25) is 0 Å². The van der Waals surface area contributed by atoms with Crippen molar-refractivity contribution in [3.8, 4) is 11.3 Å². The fourth-order valence-corrected chi connectivity index (χ4v) is 5.17. The summed E-state index contributed by atoms with van der Waals surface area (Å²) in [5.41, 5.74) is 3.89. The minimum absolute atomic E-state index is 0.0579. The molecule has 1 N–H and O–H groups in total. The number of aromatic amines is 1. The van der Waals surface area contributed by atoms with Gasteiger partial charge in [0.15, 0.2) is 5.16 Å². The summed E-state index contributed by atoms with van der Waals surface area (Å²) < 4.78 is 4.69. The molecule has 0 spiro atoms. The molecule has 1 aromatic heterocycles. The van der Waals surface area contributed by atoms with E-state index in [0.717, 1.165) is 23.2 Å². The lowest BCUT2D eigenvalue weighted by molar-refractivity contribution is -0.137. The number of carbonyl (C=O) groups is 1. The number of ether oxygens (including phenoxy) is 1. The Morgan fingerprint density at radius 1 is 1.26 bits per heavy atom. The van der Waals surface area contributed by atoms with Gasteiger partial charge in [0.1, 0.15) is 0 Å². The van der Waals surface area contributed by atoms with Gasteiger partial charge in [0.25, 0.3) is 5.56 Å². The van der Waals surface area contributed by atoms with Crippen molar-refractivity contribution in [2.75, 3.05) is 12.9 Å². The Balaban J connectivity index is 1.76. The first-order valence-corrected chi connectivity index (χ1v) is 10.6. The first-order chi connectivity index (χ1) is 13.2. The molecule has 142 valence electrons. The van der Waals surface area contributed by atoms with Crippen LogP contribution in [0.25, 0.3) is 11.3 Å². The van der Waals surface area contributed by atoms with Crippen LogP contribution in [-0.2, 0) is 16.0 Å². The highest BCUT2D eigenvalue weighted by molar-refractivity contribution is 7.99. The summed E-state index contributed by atoms with van der Waals surface area (Å²) in [5.74, 6) is 0.570. The van der Waals surface area contributed by atoms with Gasteiger partial charge in [-0.15, -0.1) is 0 Å². The van der Waals surface area contributed by atoms with Crippen LogP contribution in [0.1, 0.15) is 49.1 Å². The predicted molar refractivity (Wildman–Crippen MR) is 106 cm³/mol. The SMILES string of the molecule is COC(=O)CSc1nc2c(c(=O)[nH]1)C(C1CCCCC1)Cc1ccccc1-2. The van der Waals surface area contributed by atoms with Crippen molar-refractivity contribution in [2.24, 2.45) is 5.92 Å². The highest BCUT2D eigenvalue weighted by atomic mass is 32.2. The Hall–Kier alpha value is -2.08. The molecule has 2 aliphatic carbocycles. The Morgan fingerprint density at radius 3 is 2.81 bits per heavy atom. The van der Waals surface area contributed by atoms with Gasteiger partial charge in [0.05, 0.1) is 18.6 Å². The molecule has 5 nitrogen and oxygen atoms in total. The standard InChI is InChI=1S/C21H24N2O3S/c1-26-17(24)12-27-21-22-19-15-10-6-5-9-14(15)11-16(18(19)20(25)23-21)13-7-3-2-4-8-13/h5-6,9-10,13,16H,2-4,7-8,11-12H2,1H3,(H,22,23,25). The maximum Gasteiger partial charge on any atom is 0.316 e. The molecule has 2 aliphatic rings. The molecule has 1 atom stereocenters. The van der Waals surface area contributed by atoms with Crippen LogP contribution in [0.3, 0.4) is 0 Å². The number of aromatic nitrogens is 2. The van der Waals surface area contributed by atoms with Gasteiger partial charge in [-0.2, -0.15) is 0 Å². The normalized spacial score (nSPS) is 19.2. The van der Waals surface area contributed by atoms with Crippen molar-refractivity contribution >= 4 is 17.7 Å². The van der Waals surface area contributed by atoms with E-state index in [0.29, 0.717) is 11.1 Å². The van der Waals surface area contributed by atoms with Crippen LogP contribution in [0.15, 0.2) is 34.2 Å². The molecule has 1 heterocycles. The molecule has 0 amide bonds. The number of esters is 1. The van der Waals surface area contributed by atoms with Gasteiger partial charge in [-0.25, -0.2) is 4.98 Å². The average Bonchev–Trinajstić information content (AvgIpc) is 2.72. The third-order valence-corrected chi connectivity index (χ3v) is 6.64. The molecular formula is C21H24N2O3S. The van der Waals surface area contributed by atoms with E-state index in [1.165, 1.54) is 56.5 Å². The number of rotatable bonds is 4. The van der Waals surface area contributed by atoms with E-state index < -0.39 is 0 Å². The summed E-state index contributed by atoms with van der Waals surface area (Å²) in [7, 11) is 1.36. The topological polar surface area (TPSA) is 72.0 Å². The van der Waals surface area contributed by atoms with E-state index >= 15 is 0 Å². The van der Waals surface area contributed by atoms with E-state index in [1.807, 2.05) is 12.1 Å². The maximum absolute atomic E-state index is 13.0. The van der Waals surface area contributed by atoms with Crippen molar-refractivity contribution in [3.05, 3.63) is 45.7 Å². The number of hydrogen-bond donors (Lipinski definition) is 1. The van der Waals surface area contributed by atoms with E-state index in [-0.39, 0.29) is 23.2 Å². The summed E-state index contributed by atoms with van der Waals surface area (Å²) in [6.45, 7) is 0. The fourth-order valence-electron chi connectivity index (χ4n) is 4.47. The van der Waals surface area contributed by atoms with Gasteiger partial charge in [-0.05, 0) is 36.7 Å². The lowest BCUT2D eigenvalue weighted by Gasteiger charge is -2.34. The number of nitrogens with one attached hydrogen (secondary N) is 1. The maximum atomic E-state index is 13.0. The zero-order valence-electron chi connectivity index (χ0n) is 15.5. The van der Waals surface area contributed by atoms with Crippen molar-refractivity contribution in [3.63, 3.8) is 0 Å². The third kappa shape index (κ3) is 3.68. The average molecular weight is 385 g/mol. The Morgan fingerprint density at radius 2 is 2.04 bits per heavy atom. The van der Waals surface area contributed by atoms with Gasteiger partial charge in [0.2, 0.25) is 0 Å². The van der Waals surface area contributed by atoms with Crippen LogP contribution in [0.4, 0.5) is 0 Å². The quantitative estimate of drug-likeness (QED) is 0.491. The van der Waals surface area contributed by atoms with Gasteiger partial charge < -0.3 is 9.72 Å². The molecule has 1 fully saturated rings. The molecule has 1 unspecified atom stereocenters. The molecule has 2 aromatic rings. The molecular weight excluding hydrogens is 360 g/mol. The van der Waals surface area contributed by atoms with Crippen molar-refractivity contribution in [2.45, 2.75) is 49.6 Å². The number of fused-ring (bicyclic) bond motifs is 3. The molecule has 0 bridgehead atoms. The number of thioether (sulfide) groups is 1. The number of benzene rings is 1. The first-order valence-electron chi connectivity index (χ1n) is 9.59. The summed E-state index contributed by atoms with van der Waals surface area (Å²) in [6.07, 6.45) is 7.07. The summed E-state index contributed by atoms with van der Waals surface area (Å²) in [4.78, 5) is 32.2. The van der Waals surface area contributed by atoms with E-state index in [4.69, 9.17) is 4.98 Å². The van der Waals surface area contributed by atoms with Crippen molar-refractivity contribution in [1.82, 2.24) is 9.97 Å². The van der Waals surface area contributed by atoms with Crippen LogP contribution < -0.4 is 5.56 Å². The smallest absolute Gasteiger partial charge is 0.316 e.